The summed E-state index contributed by atoms with van der Waals surface area (Å²) in [6.45, 7) is 1.09. The number of esters is 1. The summed E-state index contributed by atoms with van der Waals surface area (Å²) in [5.74, 6) is -0.704. The van der Waals surface area contributed by atoms with Crippen molar-refractivity contribution < 1.29 is 19.1 Å². The zero-order chi connectivity index (χ0) is 18.2. The molecule has 0 spiro atoms. The third kappa shape index (κ3) is 6.29. The lowest BCUT2D eigenvalue weighted by atomic mass is 10.1. The van der Waals surface area contributed by atoms with E-state index in [9.17, 15) is 9.59 Å². The van der Waals surface area contributed by atoms with Crippen molar-refractivity contribution in [2.24, 2.45) is 0 Å². The van der Waals surface area contributed by atoms with Crippen molar-refractivity contribution in [3.63, 3.8) is 0 Å². The predicted octanol–water partition coefficient (Wildman–Crippen LogP) is 3.79. The Morgan fingerprint density at radius 3 is 2.56 bits per heavy atom. The number of rotatable bonds is 7. The van der Waals surface area contributed by atoms with Crippen LogP contribution in [0.3, 0.4) is 0 Å². The van der Waals surface area contributed by atoms with E-state index < -0.39 is 18.5 Å². The van der Waals surface area contributed by atoms with E-state index in [0.717, 1.165) is 5.56 Å². The predicted molar refractivity (Wildman–Crippen MR) is 95.9 cm³/mol. The van der Waals surface area contributed by atoms with Crippen molar-refractivity contribution in [3.05, 3.63) is 64.1 Å². The number of benzene rings is 2. The lowest BCUT2D eigenvalue weighted by molar-refractivity contribution is -0.150. The second kappa shape index (κ2) is 9.30. The third-order valence-electron chi connectivity index (χ3n) is 3.27. The summed E-state index contributed by atoms with van der Waals surface area (Å²) in [4.78, 5) is 23.5. The first-order valence-corrected chi connectivity index (χ1v) is 8.29. The van der Waals surface area contributed by atoms with Gasteiger partial charge in [0.25, 0.3) is 5.91 Å². The molecule has 132 valence electrons. The molecule has 2 rings (SSSR count). The fourth-order valence-electron chi connectivity index (χ4n) is 2.03. The molecule has 0 aromatic heterocycles. The molecule has 0 aliphatic heterocycles. The topological polar surface area (TPSA) is 64.6 Å². The minimum Gasteiger partial charge on any atom is -0.480 e. The van der Waals surface area contributed by atoms with Gasteiger partial charge in [-0.25, -0.2) is 4.79 Å². The van der Waals surface area contributed by atoms with Gasteiger partial charge in [0.2, 0.25) is 0 Å². The van der Waals surface area contributed by atoms with Gasteiger partial charge in [0.1, 0.15) is 5.75 Å². The maximum Gasteiger partial charge on any atom is 0.344 e. The summed E-state index contributed by atoms with van der Waals surface area (Å²) in [5, 5.41) is 3.70. The summed E-state index contributed by atoms with van der Waals surface area (Å²) >= 11 is 11.8. The van der Waals surface area contributed by atoms with Gasteiger partial charge in [0.15, 0.2) is 13.2 Å². The first-order valence-electron chi connectivity index (χ1n) is 7.53. The lowest BCUT2D eigenvalue weighted by Gasteiger charge is -2.14. The van der Waals surface area contributed by atoms with Gasteiger partial charge in [-0.1, -0.05) is 47.5 Å². The van der Waals surface area contributed by atoms with E-state index in [1.54, 1.807) is 42.5 Å². The van der Waals surface area contributed by atoms with Crippen molar-refractivity contribution in [2.45, 2.75) is 13.0 Å². The Balaban J connectivity index is 1.74. The normalized spacial score (nSPS) is 11.5. The van der Waals surface area contributed by atoms with Crippen molar-refractivity contribution in [1.29, 1.82) is 0 Å². The number of hydrogen-bond acceptors (Lipinski definition) is 4. The molecule has 0 radical (unpaired) electrons. The Kier molecular flexibility index (Phi) is 7.10. The van der Waals surface area contributed by atoms with Gasteiger partial charge >= 0.3 is 5.97 Å². The first kappa shape index (κ1) is 19.1. The standard InChI is InChI=1S/C18H17Cl2NO4/c1-12(13-5-4-6-14(19)9-13)21-17(22)10-25-18(23)11-24-16-8-3-2-7-15(16)20/h2-9,12H,10-11H2,1H3,(H,21,22)/t12-/m0/s1. The Morgan fingerprint density at radius 2 is 1.84 bits per heavy atom. The van der Waals surface area contributed by atoms with E-state index in [0.29, 0.717) is 15.8 Å². The molecular formula is C18H17Cl2NO4. The van der Waals surface area contributed by atoms with E-state index in [2.05, 4.69) is 5.32 Å². The molecule has 0 aliphatic carbocycles. The van der Waals surface area contributed by atoms with Crippen LogP contribution in [-0.2, 0) is 14.3 Å². The van der Waals surface area contributed by atoms with Crippen molar-refractivity contribution in [2.75, 3.05) is 13.2 Å². The molecule has 0 aliphatic rings. The lowest BCUT2D eigenvalue weighted by Crippen LogP contribution is -2.31. The Hall–Kier alpha value is -2.24. The summed E-state index contributed by atoms with van der Waals surface area (Å²) < 4.78 is 10.1. The van der Waals surface area contributed by atoms with Crippen molar-refractivity contribution in [1.82, 2.24) is 5.32 Å². The zero-order valence-corrected chi connectivity index (χ0v) is 15.0. The van der Waals surface area contributed by atoms with E-state index in [1.165, 1.54) is 0 Å². The molecule has 0 unspecified atom stereocenters. The van der Waals surface area contributed by atoms with Crippen molar-refractivity contribution in [3.8, 4) is 5.75 Å². The Morgan fingerprint density at radius 1 is 1.08 bits per heavy atom. The van der Waals surface area contributed by atoms with Crippen LogP contribution in [0, 0.1) is 0 Å². The summed E-state index contributed by atoms with van der Waals surface area (Å²) in [6.07, 6.45) is 0. The van der Waals surface area contributed by atoms with Crippen LogP contribution in [0.5, 0.6) is 5.75 Å². The highest BCUT2D eigenvalue weighted by Crippen LogP contribution is 2.22. The average molecular weight is 382 g/mol. The van der Waals surface area contributed by atoms with Crippen LogP contribution in [-0.4, -0.2) is 25.1 Å². The van der Waals surface area contributed by atoms with Crippen LogP contribution < -0.4 is 10.1 Å². The second-order valence-electron chi connectivity index (χ2n) is 5.22. The Bertz CT molecular complexity index is 751. The number of carbonyl (C=O) groups excluding carboxylic acids is 2. The average Bonchev–Trinajstić information content (AvgIpc) is 2.59. The summed E-state index contributed by atoms with van der Waals surface area (Å²) in [5.41, 5.74) is 0.856. The van der Waals surface area contributed by atoms with Crippen LogP contribution in [0.1, 0.15) is 18.5 Å². The van der Waals surface area contributed by atoms with Crippen molar-refractivity contribution >= 4 is 35.1 Å². The number of amides is 1. The highest BCUT2D eigenvalue weighted by Gasteiger charge is 2.13. The summed E-state index contributed by atoms with van der Waals surface area (Å²) in [6, 6.07) is 13.7. The molecule has 0 saturated heterocycles. The molecule has 2 aromatic rings. The number of hydrogen-bond donors (Lipinski definition) is 1. The van der Waals surface area contributed by atoms with Gasteiger partial charge in [-0.3, -0.25) is 4.79 Å². The van der Waals surface area contributed by atoms with Gasteiger partial charge in [-0.2, -0.15) is 0 Å². The van der Waals surface area contributed by atoms with E-state index in [-0.39, 0.29) is 12.6 Å². The van der Waals surface area contributed by atoms with Gasteiger partial charge < -0.3 is 14.8 Å². The minimum absolute atomic E-state index is 0.260. The maximum absolute atomic E-state index is 11.9. The molecule has 1 amide bonds. The van der Waals surface area contributed by atoms with E-state index >= 15 is 0 Å². The maximum atomic E-state index is 11.9. The fourth-order valence-corrected chi connectivity index (χ4v) is 2.42. The molecule has 1 atom stereocenters. The molecule has 0 saturated carbocycles. The number of nitrogens with one attached hydrogen (secondary N) is 1. The number of carbonyl (C=O) groups is 2. The highest BCUT2D eigenvalue weighted by atomic mass is 35.5. The quantitative estimate of drug-likeness (QED) is 0.740. The van der Waals surface area contributed by atoms with Gasteiger partial charge in [0, 0.05) is 5.02 Å². The largest absolute Gasteiger partial charge is 0.480 e. The van der Waals surface area contributed by atoms with Crippen LogP contribution in [0.2, 0.25) is 10.0 Å². The molecule has 5 nitrogen and oxygen atoms in total. The highest BCUT2D eigenvalue weighted by molar-refractivity contribution is 6.32. The molecule has 0 heterocycles. The number of ether oxygens (including phenoxy) is 2. The van der Waals surface area contributed by atoms with Gasteiger partial charge in [-0.15, -0.1) is 0 Å². The smallest absolute Gasteiger partial charge is 0.344 e. The third-order valence-corrected chi connectivity index (χ3v) is 3.82. The Labute approximate surface area is 155 Å². The molecule has 2 aromatic carbocycles. The molecule has 25 heavy (non-hydrogen) atoms. The molecular weight excluding hydrogens is 365 g/mol. The van der Waals surface area contributed by atoms with Gasteiger partial charge in [0.05, 0.1) is 11.1 Å². The van der Waals surface area contributed by atoms with E-state index in [4.69, 9.17) is 32.7 Å². The van der Waals surface area contributed by atoms with Crippen LogP contribution >= 0.6 is 23.2 Å². The zero-order valence-electron chi connectivity index (χ0n) is 13.5. The monoisotopic (exact) mass is 381 g/mol. The second-order valence-corrected chi connectivity index (χ2v) is 6.07. The van der Waals surface area contributed by atoms with E-state index in [1.807, 2.05) is 13.0 Å². The van der Waals surface area contributed by atoms with Crippen LogP contribution in [0.15, 0.2) is 48.5 Å². The SMILES string of the molecule is C[C@H](NC(=O)COC(=O)COc1ccccc1Cl)c1cccc(Cl)c1. The molecule has 0 bridgehead atoms. The number of para-hydroxylation sites is 1. The molecule has 1 N–H and O–H groups in total. The first-order chi connectivity index (χ1) is 12.0. The van der Waals surface area contributed by atoms with Crippen LogP contribution in [0.25, 0.3) is 0 Å². The molecule has 7 heteroatoms. The van der Waals surface area contributed by atoms with Gasteiger partial charge in [-0.05, 0) is 36.8 Å². The molecule has 0 fully saturated rings. The summed E-state index contributed by atoms with van der Waals surface area (Å²) in [7, 11) is 0. The minimum atomic E-state index is -0.662. The number of halogens is 2. The fraction of sp³-hybridized carbons (Fsp3) is 0.222. The van der Waals surface area contributed by atoms with Crippen LogP contribution in [0.4, 0.5) is 0 Å².